The standard InChI is InChI=1S/C17H21BrF3NO2/c1-16(2,3)24-15(23)22-8-4-5-11(10-22)13-9-12(17(19,20)21)6-7-14(13)18/h6-7,9,11H,4-5,8,10H2,1-3H3. The molecule has 1 atom stereocenters. The SMILES string of the molecule is CC(C)(C)OC(=O)N1CCCC(c2cc(C(F)(F)F)ccc2Br)C1. The summed E-state index contributed by atoms with van der Waals surface area (Å²) in [5, 5.41) is 0. The maximum Gasteiger partial charge on any atom is 0.416 e. The molecule has 3 nitrogen and oxygen atoms in total. The minimum Gasteiger partial charge on any atom is -0.444 e. The highest BCUT2D eigenvalue weighted by atomic mass is 79.9. The topological polar surface area (TPSA) is 29.5 Å². The normalized spacial score (nSPS) is 19.3. The minimum atomic E-state index is -4.38. The quantitative estimate of drug-likeness (QED) is 0.607. The summed E-state index contributed by atoms with van der Waals surface area (Å²) in [7, 11) is 0. The van der Waals surface area contributed by atoms with Gasteiger partial charge >= 0.3 is 12.3 Å². The largest absolute Gasteiger partial charge is 0.444 e. The molecular weight excluding hydrogens is 387 g/mol. The highest BCUT2D eigenvalue weighted by molar-refractivity contribution is 9.10. The molecule has 0 N–H and O–H groups in total. The molecule has 1 fully saturated rings. The fourth-order valence-corrected chi connectivity index (χ4v) is 3.33. The van der Waals surface area contributed by atoms with Gasteiger partial charge < -0.3 is 9.64 Å². The van der Waals surface area contributed by atoms with Gasteiger partial charge in [-0.3, -0.25) is 0 Å². The summed E-state index contributed by atoms with van der Waals surface area (Å²) in [6.07, 6.45) is -3.34. The molecule has 1 aromatic rings. The van der Waals surface area contributed by atoms with E-state index in [4.69, 9.17) is 4.74 Å². The number of carbonyl (C=O) groups excluding carboxylic acids is 1. The van der Waals surface area contributed by atoms with Gasteiger partial charge in [0.2, 0.25) is 0 Å². The van der Waals surface area contributed by atoms with Crippen molar-refractivity contribution >= 4 is 22.0 Å². The van der Waals surface area contributed by atoms with Crippen molar-refractivity contribution in [3.05, 3.63) is 33.8 Å². The molecule has 0 bridgehead atoms. The summed E-state index contributed by atoms with van der Waals surface area (Å²) < 4.78 is 44.9. The molecule has 2 rings (SSSR count). The van der Waals surface area contributed by atoms with Crippen molar-refractivity contribution in [3.63, 3.8) is 0 Å². The average Bonchev–Trinajstić information content (AvgIpc) is 2.45. The Morgan fingerprint density at radius 1 is 1.29 bits per heavy atom. The van der Waals surface area contributed by atoms with Crippen LogP contribution in [0.25, 0.3) is 0 Å². The number of ether oxygens (including phenoxy) is 1. The lowest BCUT2D eigenvalue weighted by Gasteiger charge is -2.34. The van der Waals surface area contributed by atoms with Crippen molar-refractivity contribution in [3.8, 4) is 0 Å². The van der Waals surface area contributed by atoms with Crippen molar-refractivity contribution in [1.82, 2.24) is 4.90 Å². The third kappa shape index (κ3) is 4.88. The predicted octanol–water partition coefficient (Wildman–Crippen LogP) is 5.58. The third-order valence-electron chi connectivity index (χ3n) is 3.84. The summed E-state index contributed by atoms with van der Waals surface area (Å²) in [6.45, 7) is 6.28. The Bertz CT molecular complexity index is 611. The van der Waals surface area contributed by atoms with Crippen molar-refractivity contribution in [2.75, 3.05) is 13.1 Å². The molecule has 7 heteroatoms. The van der Waals surface area contributed by atoms with E-state index in [-0.39, 0.29) is 5.92 Å². The van der Waals surface area contributed by atoms with Crippen LogP contribution in [0.1, 0.15) is 50.7 Å². The second-order valence-electron chi connectivity index (χ2n) is 7.00. The Kier molecular flexibility index (Phi) is 5.52. The second kappa shape index (κ2) is 6.94. The number of benzene rings is 1. The first-order valence-electron chi connectivity index (χ1n) is 7.82. The molecule has 0 aromatic heterocycles. The molecule has 134 valence electrons. The summed E-state index contributed by atoms with van der Waals surface area (Å²) in [4.78, 5) is 13.8. The molecule has 1 unspecified atom stereocenters. The predicted molar refractivity (Wildman–Crippen MR) is 88.9 cm³/mol. The number of amides is 1. The number of hydrogen-bond acceptors (Lipinski definition) is 2. The van der Waals surface area contributed by atoms with Crippen molar-refractivity contribution in [2.24, 2.45) is 0 Å². The number of alkyl halides is 3. The number of nitrogens with zero attached hydrogens (tertiary/aromatic N) is 1. The molecule has 0 radical (unpaired) electrons. The first-order chi connectivity index (χ1) is 11.0. The van der Waals surface area contributed by atoms with Gasteiger partial charge in [0, 0.05) is 23.5 Å². The molecule has 0 spiro atoms. The van der Waals surface area contributed by atoms with Crippen molar-refractivity contribution in [2.45, 2.75) is 51.3 Å². The van der Waals surface area contributed by atoms with Crippen LogP contribution in [-0.4, -0.2) is 29.7 Å². The number of hydrogen-bond donors (Lipinski definition) is 0. The van der Waals surface area contributed by atoms with E-state index in [1.165, 1.54) is 12.1 Å². The van der Waals surface area contributed by atoms with Crippen LogP contribution in [0.15, 0.2) is 22.7 Å². The zero-order valence-electron chi connectivity index (χ0n) is 13.9. The summed E-state index contributed by atoms with van der Waals surface area (Å²) >= 11 is 3.34. The fraction of sp³-hybridized carbons (Fsp3) is 0.588. The Hall–Kier alpha value is -1.24. The van der Waals surface area contributed by atoms with E-state index >= 15 is 0 Å². The highest BCUT2D eigenvalue weighted by Crippen LogP contribution is 2.37. The molecule has 1 heterocycles. The highest BCUT2D eigenvalue weighted by Gasteiger charge is 2.33. The first-order valence-corrected chi connectivity index (χ1v) is 8.61. The van der Waals surface area contributed by atoms with E-state index in [2.05, 4.69) is 15.9 Å². The van der Waals surface area contributed by atoms with Gasteiger partial charge in [0.1, 0.15) is 5.60 Å². The van der Waals surface area contributed by atoms with E-state index < -0.39 is 23.4 Å². The van der Waals surface area contributed by atoms with Crippen molar-refractivity contribution in [1.29, 1.82) is 0 Å². The van der Waals surface area contributed by atoms with Gasteiger partial charge in [-0.1, -0.05) is 15.9 Å². The lowest BCUT2D eigenvalue weighted by atomic mass is 9.90. The van der Waals surface area contributed by atoms with E-state index in [1.807, 2.05) is 0 Å². The Balaban J connectivity index is 2.19. The van der Waals surface area contributed by atoms with Crippen LogP contribution in [0.5, 0.6) is 0 Å². The van der Waals surface area contributed by atoms with E-state index in [0.29, 0.717) is 23.1 Å². The summed E-state index contributed by atoms with van der Waals surface area (Å²) in [5.74, 6) is -0.150. The third-order valence-corrected chi connectivity index (χ3v) is 4.56. The molecule has 1 aliphatic heterocycles. The molecule has 0 aliphatic carbocycles. The Labute approximate surface area is 148 Å². The number of likely N-dealkylation sites (tertiary alicyclic amines) is 1. The van der Waals surface area contributed by atoms with Crippen molar-refractivity contribution < 1.29 is 22.7 Å². The van der Waals surface area contributed by atoms with Gasteiger partial charge in [0.15, 0.2) is 0 Å². The molecular formula is C17H21BrF3NO2. The molecule has 0 saturated carbocycles. The van der Waals surface area contributed by atoms with E-state index in [9.17, 15) is 18.0 Å². The van der Waals surface area contributed by atoms with Crippen LogP contribution in [0.2, 0.25) is 0 Å². The molecule has 1 amide bonds. The summed E-state index contributed by atoms with van der Waals surface area (Å²) in [6, 6.07) is 3.65. The van der Waals surface area contributed by atoms with Gasteiger partial charge in [0.05, 0.1) is 5.56 Å². The molecule has 1 saturated heterocycles. The Morgan fingerprint density at radius 2 is 1.96 bits per heavy atom. The number of piperidine rings is 1. The zero-order valence-corrected chi connectivity index (χ0v) is 15.5. The average molecular weight is 408 g/mol. The summed E-state index contributed by atoms with van der Waals surface area (Å²) in [5.41, 5.74) is -0.686. The van der Waals surface area contributed by atoms with Crippen LogP contribution in [-0.2, 0) is 10.9 Å². The lowest BCUT2D eigenvalue weighted by Crippen LogP contribution is -2.42. The van der Waals surface area contributed by atoms with Crippen LogP contribution in [0.4, 0.5) is 18.0 Å². The van der Waals surface area contributed by atoms with Gasteiger partial charge in [-0.15, -0.1) is 0 Å². The maximum absolute atomic E-state index is 13.0. The van der Waals surface area contributed by atoms with Gasteiger partial charge in [-0.25, -0.2) is 4.79 Å². The Morgan fingerprint density at radius 3 is 2.54 bits per heavy atom. The van der Waals surface area contributed by atoms with Crippen LogP contribution < -0.4 is 0 Å². The first kappa shape index (κ1) is 19.1. The molecule has 24 heavy (non-hydrogen) atoms. The van der Waals surface area contributed by atoms with Gasteiger partial charge in [-0.05, 0) is 57.4 Å². The zero-order chi connectivity index (χ0) is 18.1. The fourth-order valence-electron chi connectivity index (χ4n) is 2.76. The maximum atomic E-state index is 13.0. The number of halogens is 4. The van der Waals surface area contributed by atoms with Gasteiger partial charge in [-0.2, -0.15) is 13.2 Å². The van der Waals surface area contributed by atoms with Gasteiger partial charge in [0.25, 0.3) is 0 Å². The van der Waals surface area contributed by atoms with Crippen LogP contribution in [0, 0.1) is 0 Å². The van der Waals surface area contributed by atoms with Crippen LogP contribution >= 0.6 is 15.9 Å². The second-order valence-corrected chi connectivity index (χ2v) is 7.85. The molecule has 1 aliphatic rings. The number of rotatable bonds is 1. The van der Waals surface area contributed by atoms with E-state index in [1.54, 1.807) is 25.7 Å². The van der Waals surface area contributed by atoms with E-state index in [0.717, 1.165) is 18.9 Å². The lowest BCUT2D eigenvalue weighted by molar-refractivity contribution is -0.137. The minimum absolute atomic E-state index is 0.150. The number of carbonyl (C=O) groups is 1. The van der Waals surface area contributed by atoms with Crippen LogP contribution in [0.3, 0.4) is 0 Å². The smallest absolute Gasteiger partial charge is 0.416 e. The monoisotopic (exact) mass is 407 g/mol. The molecule has 1 aromatic carbocycles.